The van der Waals surface area contributed by atoms with Gasteiger partial charge in [-0.3, -0.25) is 4.79 Å². The van der Waals surface area contributed by atoms with Crippen LogP contribution in [0, 0.1) is 6.92 Å². The topological polar surface area (TPSA) is 69.6 Å². The normalized spacial score (nSPS) is 9.86. The number of hydrogen-bond donors (Lipinski definition) is 3. The van der Waals surface area contributed by atoms with Gasteiger partial charge in [0.1, 0.15) is 5.75 Å². The van der Waals surface area contributed by atoms with Gasteiger partial charge in [-0.15, -0.1) is 0 Å². The molecule has 1 rings (SSSR count). The number of carbonyl (C=O) groups is 1. The maximum Gasteiger partial charge on any atom is 0.251 e. The number of nitrogens with one attached hydrogen (secondary N) is 1. The Morgan fingerprint density at radius 1 is 1.50 bits per heavy atom. The lowest BCUT2D eigenvalue weighted by Gasteiger charge is -2.07. The van der Waals surface area contributed by atoms with Crippen molar-refractivity contribution in [1.82, 2.24) is 5.32 Å². The second-order valence-corrected chi connectivity index (χ2v) is 2.93. The molecule has 4 nitrogen and oxygen atoms in total. The van der Waals surface area contributed by atoms with E-state index in [1.807, 2.05) is 0 Å². The van der Waals surface area contributed by atoms with Gasteiger partial charge < -0.3 is 15.5 Å². The third-order valence-electron chi connectivity index (χ3n) is 1.95. The summed E-state index contributed by atoms with van der Waals surface area (Å²) in [5.74, 6) is -0.186. The standard InChI is InChI=1S/C10H13NO3/c1-7-8(3-2-4-9(7)13)10(14)11-5-6-12/h2-4,12-13H,5-6H2,1H3,(H,11,14). The van der Waals surface area contributed by atoms with Crippen LogP contribution in [0.4, 0.5) is 0 Å². The number of carbonyl (C=O) groups excluding carboxylic acids is 1. The van der Waals surface area contributed by atoms with Gasteiger partial charge in [0.15, 0.2) is 0 Å². The number of aliphatic hydroxyl groups is 1. The molecule has 3 N–H and O–H groups in total. The van der Waals surface area contributed by atoms with Gasteiger partial charge in [0.05, 0.1) is 6.61 Å². The Kier molecular flexibility index (Phi) is 3.48. The number of amides is 1. The number of phenols is 1. The Morgan fingerprint density at radius 3 is 2.86 bits per heavy atom. The zero-order valence-electron chi connectivity index (χ0n) is 7.95. The maximum atomic E-state index is 11.4. The van der Waals surface area contributed by atoms with E-state index in [1.165, 1.54) is 6.07 Å². The van der Waals surface area contributed by atoms with E-state index in [-0.39, 0.29) is 24.8 Å². The predicted molar refractivity (Wildman–Crippen MR) is 52.3 cm³/mol. The summed E-state index contributed by atoms with van der Waals surface area (Å²) in [5.41, 5.74) is 0.974. The lowest BCUT2D eigenvalue weighted by Crippen LogP contribution is -2.26. The highest BCUT2D eigenvalue weighted by atomic mass is 16.3. The van der Waals surface area contributed by atoms with Crippen molar-refractivity contribution < 1.29 is 15.0 Å². The van der Waals surface area contributed by atoms with Gasteiger partial charge >= 0.3 is 0 Å². The smallest absolute Gasteiger partial charge is 0.251 e. The molecule has 0 aliphatic rings. The van der Waals surface area contributed by atoms with E-state index < -0.39 is 0 Å². The minimum atomic E-state index is -0.285. The minimum Gasteiger partial charge on any atom is -0.508 e. The highest BCUT2D eigenvalue weighted by Gasteiger charge is 2.09. The van der Waals surface area contributed by atoms with E-state index in [0.29, 0.717) is 11.1 Å². The molecule has 0 aliphatic heterocycles. The Hall–Kier alpha value is -1.55. The molecule has 0 fully saturated rings. The van der Waals surface area contributed by atoms with E-state index in [2.05, 4.69) is 5.32 Å². The molecule has 0 unspecified atom stereocenters. The molecular formula is C10H13NO3. The van der Waals surface area contributed by atoms with Gasteiger partial charge in [0, 0.05) is 17.7 Å². The quantitative estimate of drug-likeness (QED) is 0.654. The van der Waals surface area contributed by atoms with Crippen molar-refractivity contribution >= 4 is 5.91 Å². The third-order valence-corrected chi connectivity index (χ3v) is 1.95. The molecular weight excluding hydrogens is 182 g/mol. The maximum absolute atomic E-state index is 11.4. The van der Waals surface area contributed by atoms with Crippen LogP contribution in [0.25, 0.3) is 0 Å². The molecule has 0 spiro atoms. The van der Waals surface area contributed by atoms with Crippen molar-refractivity contribution in [3.8, 4) is 5.75 Å². The van der Waals surface area contributed by atoms with Crippen molar-refractivity contribution in [1.29, 1.82) is 0 Å². The first-order valence-corrected chi connectivity index (χ1v) is 4.34. The Morgan fingerprint density at radius 2 is 2.21 bits per heavy atom. The molecule has 0 saturated carbocycles. The summed E-state index contributed by atoms with van der Waals surface area (Å²) in [4.78, 5) is 11.4. The van der Waals surface area contributed by atoms with Crippen molar-refractivity contribution in [3.63, 3.8) is 0 Å². The SMILES string of the molecule is Cc1c(O)cccc1C(=O)NCCO. The first kappa shape index (κ1) is 10.5. The summed E-state index contributed by atoms with van der Waals surface area (Å²) < 4.78 is 0. The summed E-state index contributed by atoms with van der Waals surface area (Å²) >= 11 is 0. The highest BCUT2D eigenvalue weighted by molar-refractivity contribution is 5.96. The predicted octanol–water partition coefficient (Wildman–Crippen LogP) is 0.423. The lowest BCUT2D eigenvalue weighted by molar-refractivity contribution is 0.0943. The van der Waals surface area contributed by atoms with Crippen molar-refractivity contribution in [2.24, 2.45) is 0 Å². The van der Waals surface area contributed by atoms with Crippen LogP contribution in [-0.4, -0.2) is 29.3 Å². The molecule has 0 saturated heterocycles. The molecule has 0 aromatic heterocycles. The second kappa shape index (κ2) is 4.62. The van der Waals surface area contributed by atoms with Crippen molar-refractivity contribution in [2.75, 3.05) is 13.2 Å². The molecule has 4 heteroatoms. The molecule has 1 amide bonds. The van der Waals surface area contributed by atoms with Gasteiger partial charge in [0.25, 0.3) is 5.91 Å². The fourth-order valence-electron chi connectivity index (χ4n) is 1.13. The number of phenolic OH excluding ortho intramolecular Hbond substituents is 1. The first-order chi connectivity index (χ1) is 6.66. The fourth-order valence-corrected chi connectivity index (χ4v) is 1.13. The van der Waals surface area contributed by atoms with Crippen LogP contribution in [-0.2, 0) is 0 Å². The van der Waals surface area contributed by atoms with Crippen molar-refractivity contribution in [2.45, 2.75) is 6.92 Å². The zero-order valence-corrected chi connectivity index (χ0v) is 7.95. The Balaban J connectivity index is 2.84. The summed E-state index contributed by atoms with van der Waals surface area (Å²) in [6.45, 7) is 1.79. The van der Waals surface area contributed by atoms with Crippen molar-refractivity contribution in [3.05, 3.63) is 29.3 Å². The van der Waals surface area contributed by atoms with E-state index in [0.717, 1.165) is 0 Å². The summed E-state index contributed by atoms with van der Waals surface area (Å²) in [5, 5.41) is 20.4. The van der Waals surface area contributed by atoms with Crippen LogP contribution < -0.4 is 5.32 Å². The minimum absolute atomic E-state index is 0.0936. The van der Waals surface area contributed by atoms with Crippen LogP contribution in [0.2, 0.25) is 0 Å². The average Bonchev–Trinajstić information content (AvgIpc) is 2.18. The summed E-state index contributed by atoms with van der Waals surface area (Å²) in [6.07, 6.45) is 0. The number of aliphatic hydroxyl groups excluding tert-OH is 1. The number of hydrogen-bond acceptors (Lipinski definition) is 3. The monoisotopic (exact) mass is 195 g/mol. The van der Waals surface area contributed by atoms with Crippen LogP contribution in [0.3, 0.4) is 0 Å². The Bertz CT molecular complexity index is 336. The van der Waals surface area contributed by atoms with E-state index in [4.69, 9.17) is 5.11 Å². The van der Waals surface area contributed by atoms with Crippen LogP contribution in [0.1, 0.15) is 15.9 Å². The molecule has 1 aromatic rings. The molecule has 14 heavy (non-hydrogen) atoms. The largest absolute Gasteiger partial charge is 0.508 e. The van der Waals surface area contributed by atoms with Gasteiger partial charge in [-0.1, -0.05) is 6.07 Å². The third kappa shape index (κ3) is 2.23. The average molecular weight is 195 g/mol. The molecule has 0 heterocycles. The van der Waals surface area contributed by atoms with E-state index in [9.17, 15) is 9.90 Å². The fraction of sp³-hybridized carbons (Fsp3) is 0.300. The van der Waals surface area contributed by atoms with Gasteiger partial charge in [-0.2, -0.15) is 0 Å². The number of aromatic hydroxyl groups is 1. The Labute approximate surface area is 82.2 Å². The lowest BCUT2D eigenvalue weighted by atomic mass is 10.1. The van der Waals surface area contributed by atoms with E-state index >= 15 is 0 Å². The van der Waals surface area contributed by atoms with Crippen LogP contribution in [0.5, 0.6) is 5.75 Å². The van der Waals surface area contributed by atoms with Crippen LogP contribution in [0.15, 0.2) is 18.2 Å². The zero-order chi connectivity index (χ0) is 10.6. The molecule has 0 bridgehead atoms. The highest BCUT2D eigenvalue weighted by Crippen LogP contribution is 2.19. The molecule has 0 atom stereocenters. The number of benzene rings is 1. The second-order valence-electron chi connectivity index (χ2n) is 2.93. The summed E-state index contributed by atoms with van der Waals surface area (Å²) in [7, 11) is 0. The van der Waals surface area contributed by atoms with Crippen LogP contribution >= 0.6 is 0 Å². The molecule has 1 aromatic carbocycles. The van der Waals surface area contributed by atoms with Gasteiger partial charge in [-0.25, -0.2) is 0 Å². The first-order valence-electron chi connectivity index (χ1n) is 4.34. The van der Waals surface area contributed by atoms with Gasteiger partial charge in [0.2, 0.25) is 0 Å². The van der Waals surface area contributed by atoms with Gasteiger partial charge in [-0.05, 0) is 19.1 Å². The molecule has 76 valence electrons. The van der Waals surface area contributed by atoms with E-state index in [1.54, 1.807) is 19.1 Å². The summed E-state index contributed by atoms with van der Waals surface area (Å²) in [6, 6.07) is 4.76. The molecule has 0 radical (unpaired) electrons. The number of rotatable bonds is 3. The molecule has 0 aliphatic carbocycles.